The Balaban J connectivity index is 0.000000144. The Hall–Kier alpha value is -3.17. The molecule has 0 atom stereocenters. The van der Waals surface area contributed by atoms with Gasteiger partial charge in [0, 0.05) is 41.9 Å². The molecule has 0 amide bonds. The van der Waals surface area contributed by atoms with Crippen LogP contribution in [0.3, 0.4) is 0 Å². The monoisotopic (exact) mass is 619 g/mol. The number of nitrogens with zero attached hydrogens (tertiary/aromatic N) is 2. The summed E-state index contributed by atoms with van der Waals surface area (Å²) in [5.41, 5.74) is 4.34. The zero-order valence-corrected chi connectivity index (χ0v) is 21.0. The molecule has 7 rings (SSSR count). The molecule has 2 nitrogen and oxygen atoms in total. The summed E-state index contributed by atoms with van der Waals surface area (Å²) in [5.74, 6) is 0. The van der Waals surface area contributed by atoms with Crippen LogP contribution in [0.5, 0.6) is 0 Å². The van der Waals surface area contributed by atoms with Crippen molar-refractivity contribution in [2.24, 2.45) is 0 Å². The Morgan fingerprint density at radius 2 is 1.55 bits per heavy atom. The first-order valence-corrected chi connectivity index (χ1v) is 11.3. The van der Waals surface area contributed by atoms with Gasteiger partial charge in [0.15, 0.2) is 0 Å². The molecule has 3 heterocycles. The number of rotatable bonds is 1. The predicted octanol–water partition coefficient (Wildman–Crippen LogP) is 7.85. The average molecular weight is 619 g/mol. The third-order valence-electron chi connectivity index (χ3n) is 5.69. The summed E-state index contributed by atoms with van der Waals surface area (Å²) in [6, 6.07) is 33.3. The molecule has 0 unspecified atom stereocenters. The van der Waals surface area contributed by atoms with E-state index in [-0.39, 0.29) is 20.1 Å². The van der Waals surface area contributed by atoms with Crippen LogP contribution in [0.1, 0.15) is 5.56 Å². The number of aromatic nitrogens is 2. The molecule has 0 bridgehead atoms. The topological polar surface area (TPSA) is 25.8 Å². The van der Waals surface area contributed by atoms with Gasteiger partial charge in [0.05, 0.1) is 0 Å². The van der Waals surface area contributed by atoms with Crippen molar-refractivity contribution in [3.63, 3.8) is 0 Å². The predicted molar refractivity (Wildman–Crippen MR) is 135 cm³/mol. The van der Waals surface area contributed by atoms with Crippen LogP contribution in [-0.4, -0.2) is 9.97 Å². The third-order valence-corrected chi connectivity index (χ3v) is 6.81. The summed E-state index contributed by atoms with van der Waals surface area (Å²) < 4.78 is 2.66. The SMILES string of the molecule is Cc1ccnc(-c2[c-]cccc2)c1.[Ir].[c-]1cccc2c1c1nccc3sc4cccc2c4c31. The van der Waals surface area contributed by atoms with Gasteiger partial charge in [0.25, 0.3) is 0 Å². The molecule has 0 aliphatic rings. The quantitative estimate of drug-likeness (QED) is 0.138. The molecule has 4 heteroatoms. The minimum atomic E-state index is 0. The molecule has 33 heavy (non-hydrogen) atoms. The average Bonchev–Trinajstić information content (AvgIpc) is 3.24. The Kier molecular flexibility index (Phi) is 5.90. The van der Waals surface area contributed by atoms with Gasteiger partial charge in [-0.1, -0.05) is 34.5 Å². The number of fused-ring (bicyclic) bond motifs is 3. The van der Waals surface area contributed by atoms with Gasteiger partial charge in [0.1, 0.15) is 0 Å². The molecule has 7 aromatic rings. The molecule has 0 saturated carbocycles. The van der Waals surface area contributed by atoms with Gasteiger partial charge < -0.3 is 9.97 Å². The number of aryl methyl sites for hydroxylation is 1. The van der Waals surface area contributed by atoms with Crippen LogP contribution in [0.2, 0.25) is 0 Å². The van der Waals surface area contributed by atoms with Gasteiger partial charge in [-0.15, -0.1) is 76.9 Å². The maximum Gasteiger partial charge on any atom is 0.0345 e. The summed E-state index contributed by atoms with van der Waals surface area (Å²) in [6.07, 6.45) is 3.73. The fraction of sp³-hybridized carbons (Fsp3) is 0.0345. The fourth-order valence-electron chi connectivity index (χ4n) is 4.27. The van der Waals surface area contributed by atoms with E-state index in [2.05, 4.69) is 71.5 Å². The fourth-order valence-corrected chi connectivity index (χ4v) is 5.40. The second-order valence-electron chi connectivity index (χ2n) is 7.77. The molecule has 0 N–H and O–H groups in total. The van der Waals surface area contributed by atoms with E-state index in [4.69, 9.17) is 0 Å². The molecule has 0 aliphatic carbocycles. The van der Waals surface area contributed by atoms with Crippen molar-refractivity contribution < 1.29 is 20.1 Å². The first kappa shape index (κ1) is 21.7. The molecule has 4 aromatic carbocycles. The zero-order chi connectivity index (χ0) is 21.5. The van der Waals surface area contributed by atoms with Crippen molar-refractivity contribution in [2.45, 2.75) is 6.92 Å². The maximum absolute atomic E-state index is 4.61. The number of hydrogen-bond acceptors (Lipinski definition) is 3. The van der Waals surface area contributed by atoms with Crippen LogP contribution in [0.15, 0.2) is 91.3 Å². The number of hydrogen-bond donors (Lipinski definition) is 0. The van der Waals surface area contributed by atoms with Crippen molar-refractivity contribution >= 4 is 53.2 Å². The van der Waals surface area contributed by atoms with E-state index < -0.39 is 0 Å². The summed E-state index contributed by atoms with van der Waals surface area (Å²) in [5, 5.41) is 6.35. The van der Waals surface area contributed by atoms with Gasteiger partial charge in [-0.3, -0.25) is 0 Å². The molecular formula is C29H18IrN2S-2. The van der Waals surface area contributed by atoms with Crippen molar-refractivity contribution in [3.05, 3.63) is 109 Å². The molecule has 161 valence electrons. The molecule has 0 fully saturated rings. The van der Waals surface area contributed by atoms with E-state index in [1.165, 1.54) is 36.5 Å². The maximum atomic E-state index is 4.61. The van der Waals surface area contributed by atoms with Crippen LogP contribution in [0, 0.1) is 19.1 Å². The number of thiophene rings is 1. The van der Waals surface area contributed by atoms with Crippen LogP contribution in [-0.2, 0) is 20.1 Å². The van der Waals surface area contributed by atoms with Gasteiger partial charge >= 0.3 is 0 Å². The van der Waals surface area contributed by atoms with Gasteiger partial charge in [0.2, 0.25) is 0 Å². The minimum Gasteiger partial charge on any atom is -0.305 e. The van der Waals surface area contributed by atoms with E-state index in [1.54, 1.807) is 0 Å². The largest absolute Gasteiger partial charge is 0.305 e. The Morgan fingerprint density at radius 3 is 2.39 bits per heavy atom. The summed E-state index contributed by atoms with van der Waals surface area (Å²) in [4.78, 5) is 8.89. The van der Waals surface area contributed by atoms with E-state index in [1.807, 2.05) is 60.1 Å². The smallest absolute Gasteiger partial charge is 0.0345 e. The van der Waals surface area contributed by atoms with Crippen molar-refractivity contribution in [3.8, 4) is 11.3 Å². The molecule has 0 aliphatic heterocycles. The standard InChI is InChI=1S/C17H8NS.C12H10N.Ir/c1-2-5-12-10(4-1)11-6-3-7-13-15(11)16-14(19-13)8-9-18-17(12)16;1-10-7-8-13-12(9-10)11-5-3-2-4-6-11;/h1-4,6-9H;2-5,7-9H,1H3;/q2*-1;. The van der Waals surface area contributed by atoms with E-state index in [0.29, 0.717) is 0 Å². The number of benzene rings is 4. The van der Waals surface area contributed by atoms with Gasteiger partial charge in [-0.05, 0) is 47.1 Å². The van der Waals surface area contributed by atoms with E-state index >= 15 is 0 Å². The van der Waals surface area contributed by atoms with Crippen molar-refractivity contribution in [1.29, 1.82) is 0 Å². The normalized spacial score (nSPS) is 10.9. The van der Waals surface area contributed by atoms with Gasteiger partial charge in [-0.2, -0.15) is 0 Å². The molecule has 0 spiro atoms. The van der Waals surface area contributed by atoms with Gasteiger partial charge in [-0.25, -0.2) is 0 Å². The third kappa shape index (κ3) is 3.81. The van der Waals surface area contributed by atoms with Crippen molar-refractivity contribution in [2.75, 3.05) is 0 Å². The zero-order valence-electron chi connectivity index (χ0n) is 17.8. The summed E-state index contributed by atoms with van der Waals surface area (Å²) in [7, 11) is 0. The van der Waals surface area contributed by atoms with Crippen LogP contribution >= 0.6 is 11.3 Å². The van der Waals surface area contributed by atoms with Crippen molar-refractivity contribution in [1.82, 2.24) is 9.97 Å². The summed E-state index contributed by atoms with van der Waals surface area (Å²) in [6.45, 7) is 2.06. The van der Waals surface area contributed by atoms with Crippen LogP contribution < -0.4 is 0 Å². The molecule has 1 radical (unpaired) electrons. The van der Waals surface area contributed by atoms with Crippen LogP contribution in [0.25, 0.3) is 53.1 Å². The Labute approximate surface area is 209 Å². The Morgan fingerprint density at radius 1 is 0.727 bits per heavy atom. The second kappa shape index (κ2) is 8.99. The molecule has 3 aromatic heterocycles. The Bertz CT molecular complexity index is 1600. The minimum absolute atomic E-state index is 0. The molecule has 0 saturated heterocycles. The molecular weight excluding hydrogens is 601 g/mol. The number of pyridine rings is 2. The van der Waals surface area contributed by atoms with E-state index in [9.17, 15) is 0 Å². The first-order valence-electron chi connectivity index (χ1n) is 10.5. The summed E-state index contributed by atoms with van der Waals surface area (Å²) >= 11 is 1.85. The van der Waals surface area contributed by atoms with Crippen LogP contribution in [0.4, 0.5) is 0 Å². The second-order valence-corrected chi connectivity index (χ2v) is 8.85. The first-order chi connectivity index (χ1) is 15.8. The van der Waals surface area contributed by atoms with E-state index in [0.717, 1.165) is 22.2 Å².